The van der Waals surface area contributed by atoms with Crippen LogP contribution in [0.4, 0.5) is 11.4 Å². The van der Waals surface area contributed by atoms with Crippen LogP contribution in [0.1, 0.15) is 5.56 Å². The molecular weight excluding hydrogens is 416 g/mol. The molecule has 31 heavy (non-hydrogen) atoms. The summed E-state index contributed by atoms with van der Waals surface area (Å²) in [5.41, 5.74) is 2.35. The first-order valence-electron chi connectivity index (χ1n) is 9.97. The SMILES string of the molecule is O=C(Cn1ccc2cc([N+](=O)[O-])ccc21)Nc1ccc(CC(=O)N2CCSCC2)cc1. The Morgan fingerprint density at radius 1 is 1.06 bits per heavy atom. The second-order valence-corrected chi connectivity index (χ2v) is 8.58. The maximum Gasteiger partial charge on any atom is 0.270 e. The van der Waals surface area contributed by atoms with Gasteiger partial charge in [0.2, 0.25) is 11.8 Å². The summed E-state index contributed by atoms with van der Waals surface area (Å²) in [4.78, 5) is 37.2. The molecule has 8 nitrogen and oxygen atoms in total. The van der Waals surface area contributed by atoms with Gasteiger partial charge in [0.05, 0.1) is 11.3 Å². The van der Waals surface area contributed by atoms with Crippen LogP contribution in [0.5, 0.6) is 0 Å². The number of nitro benzene ring substituents is 1. The lowest BCUT2D eigenvalue weighted by molar-refractivity contribution is -0.384. The highest BCUT2D eigenvalue weighted by molar-refractivity contribution is 7.99. The van der Waals surface area contributed by atoms with Gasteiger partial charge in [-0.15, -0.1) is 0 Å². The van der Waals surface area contributed by atoms with Crippen LogP contribution in [-0.4, -0.2) is 50.8 Å². The van der Waals surface area contributed by atoms with E-state index in [-0.39, 0.29) is 24.0 Å². The lowest BCUT2D eigenvalue weighted by Crippen LogP contribution is -2.38. The molecule has 0 atom stereocenters. The first kappa shape index (κ1) is 20.9. The van der Waals surface area contributed by atoms with Crippen molar-refractivity contribution in [1.29, 1.82) is 0 Å². The number of nitrogens with one attached hydrogen (secondary N) is 1. The average molecular weight is 439 g/mol. The zero-order valence-corrected chi connectivity index (χ0v) is 17.6. The van der Waals surface area contributed by atoms with Crippen molar-refractivity contribution in [3.8, 4) is 0 Å². The summed E-state index contributed by atoms with van der Waals surface area (Å²) in [6.45, 7) is 1.70. The standard InChI is InChI=1S/C22H22N4O4S/c27-21(15-25-8-7-17-14-19(26(29)30)5-6-20(17)25)23-18-3-1-16(2-4-18)13-22(28)24-9-11-31-12-10-24/h1-8,14H,9-13,15H2,(H,23,27). The van der Waals surface area contributed by atoms with Gasteiger partial charge in [-0.2, -0.15) is 11.8 Å². The van der Waals surface area contributed by atoms with E-state index in [0.717, 1.165) is 35.7 Å². The largest absolute Gasteiger partial charge is 0.341 e. The third kappa shape index (κ3) is 5.05. The molecule has 0 bridgehead atoms. The van der Waals surface area contributed by atoms with Crippen LogP contribution < -0.4 is 5.32 Å². The van der Waals surface area contributed by atoms with Crippen LogP contribution in [0.3, 0.4) is 0 Å². The predicted molar refractivity (Wildman–Crippen MR) is 121 cm³/mol. The van der Waals surface area contributed by atoms with E-state index in [0.29, 0.717) is 17.5 Å². The van der Waals surface area contributed by atoms with Crippen LogP contribution in [0.15, 0.2) is 54.7 Å². The third-order valence-electron chi connectivity index (χ3n) is 5.24. The molecule has 1 saturated heterocycles. The molecule has 160 valence electrons. The molecule has 1 aliphatic heterocycles. The number of thioether (sulfide) groups is 1. The van der Waals surface area contributed by atoms with Crippen LogP contribution in [0.2, 0.25) is 0 Å². The van der Waals surface area contributed by atoms with E-state index in [9.17, 15) is 19.7 Å². The topological polar surface area (TPSA) is 97.5 Å². The van der Waals surface area contributed by atoms with Crippen molar-refractivity contribution in [2.24, 2.45) is 0 Å². The lowest BCUT2D eigenvalue weighted by Gasteiger charge is -2.26. The van der Waals surface area contributed by atoms with Crippen LogP contribution in [0, 0.1) is 10.1 Å². The Morgan fingerprint density at radius 2 is 1.81 bits per heavy atom. The first-order chi connectivity index (χ1) is 15.0. The molecule has 1 aromatic heterocycles. The number of aromatic nitrogens is 1. The van der Waals surface area contributed by atoms with Crippen molar-refractivity contribution in [2.45, 2.75) is 13.0 Å². The summed E-state index contributed by atoms with van der Waals surface area (Å²) < 4.78 is 1.75. The average Bonchev–Trinajstić information content (AvgIpc) is 3.17. The molecule has 1 N–H and O–H groups in total. The van der Waals surface area contributed by atoms with E-state index in [1.54, 1.807) is 35.0 Å². The van der Waals surface area contributed by atoms with Gasteiger partial charge in [-0.3, -0.25) is 19.7 Å². The van der Waals surface area contributed by atoms with Gasteiger partial charge in [-0.05, 0) is 29.8 Å². The monoisotopic (exact) mass is 438 g/mol. The molecule has 4 rings (SSSR count). The lowest BCUT2D eigenvalue weighted by atomic mass is 10.1. The highest BCUT2D eigenvalue weighted by atomic mass is 32.2. The Hall–Kier alpha value is -3.33. The van der Waals surface area contributed by atoms with E-state index in [1.165, 1.54) is 12.1 Å². The maximum absolute atomic E-state index is 12.5. The minimum atomic E-state index is -0.438. The summed E-state index contributed by atoms with van der Waals surface area (Å²) in [5, 5.41) is 14.5. The number of rotatable bonds is 6. The quantitative estimate of drug-likeness (QED) is 0.470. The molecule has 2 heterocycles. The van der Waals surface area contributed by atoms with Crippen molar-refractivity contribution in [2.75, 3.05) is 29.9 Å². The summed E-state index contributed by atoms with van der Waals surface area (Å²) in [5.74, 6) is 1.91. The molecular formula is C22H22N4O4S. The van der Waals surface area contributed by atoms with E-state index >= 15 is 0 Å². The minimum absolute atomic E-state index is 0.0208. The van der Waals surface area contributed by atoms with Crippen molar-refractivity contribution < 1.29 is 14.5 Å². The van der Waals surface area contributed by atoms with Gasteiger partial charge in [0, 0.05) is 59.5 Å². The van der Waals surface area contributed by atoms with Gasteiger partial charge in [-0.1, -0.05) is 12.1 Å². The fourth-order valence-electron chi connectivity index (χ4n) is 3.60. The van der Waals surface area contributed by atoms with E-state index < -0.39 is 4.92 Å². The number of hydrogen-bond acceptors (Lipinski definition) is 5. The zero-order valence-electron chi connectivity index (χ0n) is 16.8. The molecule has 0 saturated carbocycles. The van der Waals surface area contributed by atoms with Crippen molar-refractivity contribution in [1.82, 2.24) is 9.47 Å². The second kappa shape index (κ2) is 9.22. The molecule has 0 unspecified atom stereocenters. The number of hydrogen-bond donors (Lipinski definition) is 1. The van der Waals surface area contributed by atoms with Gasteiger partial charge in [0.25, 0.3) is 5.69 Å². The summed E-state index contributed by atoms with van der Waals surface area (Å²) in [6, 6.07) is 13.6. The molecule has 0 spiro atoms. The Labute approximate surface area is 183 Å². The van der Waals surface area contributed by atoms with Gasteiger partial charge < -0.3 is 14.8 Å². The molecule has 9 heteroatoms. The Morgan fingerprint density at radius 3 is 2.52 bits per heavy atom. The Bertz CT molecular complexity index is 1120. The number of anilines is 1. The number of benzene rings is 2. The van der Waals surface area contributed by atoms with Crippen LogP contribution >= 0.6 is 11.8 Å². The Kier molecular flexibility index (Phi) is 6.22. The van der Waals surface area contributed by atoms with Crippen LogP contribution in [-0.2, 0) is 22.6 Å². The van der Waals surface area contributed by atoms with Crippen molar-refractivity contribution in [3.63, 3.8) is 0 Å². The van der Waals surface area contributed by atoms with Crippen molar-refractivity contribution >= 4 is 45.9 Å². The highest BCUT2D eigenvalue weighted by Crippen LogP contribution is 2.22. The number of non-ortho nitro benzene ring substituents is 1. The van der Waals surface area contributed by atoms with E-state index in [4.69, 9.17) is 0 Å². The summed E-state index contributed by atoms with van der Waals surface area (Å²) >= 11 is 1.87. The summed E-state index contributed by atoms with van der Waals surface area (Å²) in [7, 11) is 0. The molecule has 1 aliphatic rings. The Balaban J connectivity index is 1.35. The number of nitrogens with zero attached hydrogens (tertiary/aromatic N) is 3. The van der Waals surface area contributed by atoms with Gasteiger partial charge in [0.15, 0.2) is 0 Å². The molecule has 1 fully saturated rings. The molecule has 2 aromatic carbocycles. The van der Waals surface area contributed by atoms with Crippen LogP contribution in [0.25, 0.3) is 10.9 Å². The fraction of sp³-hybridized carbons (Fsp3) is 0.273. The van der Waals surface area contributed by atoms with Gasteiger partial charge >= 0.3 is 0 Å². The van der Waals surface area contributed by atoms with Crippen molar-refractivity contribution in [3.05, 3.63) is 70.4 Å². The smallest absolute Gasteiger partial charge is 0.270 e. The number of amides is 2. The number of carbonyl (C=O) groups excluding carboxylic acids is 2. The van der Waals surface area contributed by atoms with E-state index in [2.05, 4.69) is 5.32 Å². The fourth-order valence-corrected chi connectivity index (χ4v) is 4.50. The zero-order chi connectivity index (χ0) is 21.8. The molecule has 0 radical (unpaired) electrons. The number of nitro groups is 1. The molecule has 3 aromatic rings. The van der Waals surface area contributed by atoms with Gasteiger partial charge in [0.1, 0.15) is 6.54 Å². The highest BCUT2D eigenvalue weighted by Gasteiger charge is 2.17. The normalized spacial score (nSPS) is 13.9. The second-order valence-electron chi connectivity index (χ2n) is 7.36. The number of fused-ring (bicyclic) bond motifs is 1. The minimum Gasteiger partial charge on any atom is -0.341 e. The van der Waals surface area contributed by atoms with E-state index in [1.807, 2.05) is 28.8 Å². The number of carbonyl (C=O) groups is 2. The first-order valence-corrected chi connectivity index (χ1v) is 11.1. The summed E-state index contributed by atoms with van der Waals surface area (Å²) in [6.07, 6.45) is 2.10. The molecule has 0 aliphatic carbocycles. The predicted octanol–water partition coefficient (Wildman–Crippen LogP) is 3.31. The maximum atomic E-state index is 12.5. The molecule has 2 amide bonds. The van der Waals surface area contributed by atoms with Gasteiger partial charge in [-0.25, -0.2) is 0 Å². The third-order valence-corrected chi connectivity index (χ3v) is 6.18.